The normalized spacial score (nSPS) is 22.5. The molecule has 0 amide bonds. The van der Waals surface area contributed by atoms with Crippen molar-refractivity contribution in [2.24, 2.45) is 30.7 Å². The van der Waals surface area contributed by atoms with Crippen molar-refractivity contribution in [1.29, 1.82) is 0 Å². The minimum atomic E-state index is -0.301. The second kappa shape index (κ2) is 11.3. The fraction of sp³-hybridized carbons (Fsp3) is 0.548. The van der Waals surface area contributed by atoms with Crippen LogP contribution in [0.5, 0.6) is 0 Å². The van der Waals surface area contributed by atoms with Gasteiger partial charge in [0.05, 0.1) is 12.6 Å². The zero-order valence-electron chi connectivity index (χ0n) is 23.2. The van der Waals surface area contributed by atoms with Crippen LogP contribution in [-0.4, -0.2) is 30.7 Å². The van der Waals surface area contributed by atoms with E-state index < -0.39 is 0 Å². The molecule has 4 atom stereocenters. The Morgan fingerprint density at radius 2 is 1.70 bits per heavy atom. The predicted molar refractivity (Wildman–Crippen MR) is 146 cm³/mol. The van der Waals surface area contributed by atoms with Crippen LogP contribution in [-0.2, 0) is 16.6 Å². The van der Waals surface area contributed by atoms with Crippen molar-refractivity contribution in [3.05, 3.63) is 48.5 Å². The Morgan fingerprint density at radius 1 is 1.03 bits per heavy atom. The van der Waals surface area contributed by atoms with Crippen LogP contribution in [0.2, 0.25) is 0 Å². The highest BCUT2D eigenvalue weighted by Crippen LogP contribution is 2.45. The first kappa shape index (κ1) is 27.9. The Hall–Kier alpha value is -2.09. The van der Waals surface area contributed by atoms with Crippen LogP contribution in [0.3, 0.4) is 0 Å². The summed E-state index contributed by atoms with van der Waals surface area (Å²) in [6.45, 7) is 6.84. The number of aromatic nitrogens is 2. The third kappa shape index (κ3) is 5.55. The van der Waals surface area contributed by atoms with Crippen molar-refractivity contribution in [3.63, 3.8) is 0 Å². The average molecular weight is 616 g/mol. The molecule has 0 N–H and O–H groups in total. The number of hydrogen-bond donors (Lipinski definition) is 0. The fourth-order valence-corrected chi connectivity index (χ4v) is 6.25. The fourth-order valence-electron chi connectivity index (χ4n) is 6.25. The van der Waals surface area contributed by atoms with E-state index in [1.54, 1.807) is 0 Å². The number of nitrogens with zero attached hydrogens (tertiary/aromatic N) is 3. The Kier molecular flexibility index (Phi) is 8.56. The molecule has 1 heterocycles. The van der Waals surface area contributed by atoms with Gasteiger partial charge >= 0.3 is 5.97 Å². The number of para-hydroxylation sites is 2. The first-order chi connectivity index (χ1) is 17.3. The Balaban J connectivity index is 0.00000320. The van der Waals surface area contributed by atoms with Crippen LogP contribution >= 0.6 is 0 Å². The maximum atomic E-state index is 14.1. The maximum absolute atomic E-state index is 14.1. The minimum Gasteiger partial charge on any atom is -1.00 e. The molecule has 6 heteroatoms. The highest BCUT2D eigenvalue weighted by Gasteiger charge is 2.47. The van der Waals surface area contributed by atoms with E-state index in [4.69, 9.17) is 4.74 Å². The molecule has 2 saturated carbocycles. The standard InChI is InChI=1S/C31H42N3O2.HI/c1-20(2)25-18-11-21(3)19-28(25)36-31(35)29(22-12-13-22)34-27-10-8-7-9-26(27)33(6)30(34)23-14-16-24(17-15-23)32(4)5;/h7-10,14-17,20-22,25,28-29H,11-13,18-19H2,1-6H3;1H/q+1;/p-1/t21-,25+,28?,29-;/m1./s1. The quantitative estimate of drug-likeness (QED) is 0.233. The number of hydrogen-bond acceptors (Lipinski definition) is 3. The van der Waals surface area contributed by atoms with Gasteiger partial charge < -0.3 is 33.6 Å². The van der Waals surface area contributed by atoms with Gasteiger partial charge in [-0.2, -0.15) is 0 Å². The lowest BCUT2D eigenvalue weighted by atomic mass is 9.75. The second-order valence-corrected chi connectivity index (χ2v) is 11.8. The summed E-state index contributed by atoms with van der Waals surface area (Å²) in [5.41, 5.74) is 4.50. The van der Waals surface area contributed by atoms with Crippen LogP contribution in [0.15, 0.2) is 48.5 Å². The SMILES string of the molecule is CC(C)[C@@H]1CC[C@@H](C)CC1OC(=O)[C@@H](C1CC1)n1c(-c2ccc(N(C)C)cc2)[n+](C)c2ccccc21.[I-]. The van der Waals surface area contributed by atoms with Gasteiger partial charge in [-0.05, 0) is 79.8 Å². The molecule has 2 fully saturated rings. The van der Waals surface area contributed by atoms with E-state index in [2.05, 4.69) is 104 Å². The average Bonchev–Trinajstić information content (AvgIpc) is 3.64. The highest BCUT2D eigenvalue weighted by atomic mass is 127. The summed E-state index contributed by atoms with van der Waals surface area (Å²) < 4.78 is 11.0. The molecule has 2 aliphatic rings. The number of carbonyl (C=O) groups excluding carboxylic acids is 1. The number of rotatable bonds is 7. The summed E-state index contributed by atoms with van der Waals surface area (Å²) in [5, 5.41) is 0. The van der Waals surface area contributed by atoms with Crippen molar-refractivity contribution >= 4 is 22.7 Å². The first-order valence-corrected chi connectivity index (χ1v) is 13.7. The van der Waals surface area contributed by atoms with Crippen molar-refractivity contribution in [1.82, 2.24) is 4.57 Å². The molecule has 5 rings (SSSR count). The van der Waals surface area contributed by atoms with Gasteiger partial charge in [0.1, 0.15) is 6.10 Å². The largest absolute Gasteiger partial charge is 1.00 e. The van der Waals surface area contributed by atoms with Crippen molar-refractivity contribution < 1.29 is 38.1 Å². The molecule has 0 aliphatic heterocycles. The van der Waals surface area contributed by atoms with E-state index in [0.717, 1.165) is 53.8 Å². The third-order valence-corrected chi connectivity index (χ3v) is 8.51. The molecule has 0 saturated heterocycles. The van der Waals surface area contributed by atoms with Crippen molar-refractivity contribution in [3.8, 4) is 11.4 Å². The lowest BCUT2D eigenvalue weighted by Crippen LogP contribution is -3.00. The Bertz CT molecular complexity index is 1230. The van der Waals surface area contributed by atoms with Gasteiger partial charge in [-0.3, -0.25) is 0 Å². The molecular weight excluding hydrogens is 573 g/mol. The molecule has 1 unspecified atom stereocenters. The minimum absolute atomic E-state index is 0. The van der Waals surface area contributed by atoms with Crippen molar-refractivity contribution in [2.45, 2.75) is 65.0 Å². The van der Waals surface area contributed by atoms with Crippen LogP contribution in [0, 0.1) is 23.7 Å². The van der Waals surface area contributed by atoms with Crippen LogP contribution in [0.1, 0.15) is 58.9 Å². The molecule has 1 aromatic heterocycles. The summed E-state index contributed by atoms with van der Waals surface area (Å²) >= 11 is 0. The summed E-state index contributed by atoms with van der Waals surface area (Å²) in [6, 6.07) is 16.8. The van der Waals surface area contributed by atoms with E-state index in [1.807, 2.05) is 0 Å². The van der Waals surface area contributed by atoms with Gasteiger partial charge in [0.25, 0.3) is 5.82 Å². The van der Waals surface area contributed by atoms with Gasteiger partial charge in [0, 0.05) is 25.7 Å². The zero-order valence-corrected chi connectivity index (χ0v) is 25.3. The number of imidazole rings is 1. The molecule has 37 heavy (non-hydrogen) atoms. The van der Waals surface area contributed by atoms with E-state index in [9.17, 15) is 4.79 Å². The van der Waals surface area contributed by atoms with Gasteiger partial charge in [-0.25, -0.2) is 13.9 Å². The number of esters is 1. The Morgan fingerprint density at radius 3 is 2.32 bits per heavy atom. The molecule has 0 radical (unpaired) electrons. The first-order valence-electron chi connectivity index (χ1n) is 13.7. The lowest BCUT2D eigenvalue weighted by Gasteiger charge is -2.37. The lowest BCUT2D eigenvalue weighted by molar-refractivity contribution is -0.634. The number of benzene rings is 2. The number of fused-ring (bicyclic) bond motifs is 1. The number of carbonyl (C=O) groups is 1. The van der Waals surface area contributed by atoms with Crippen LogP contribution in [0.4, 0.5) is 5.69 Å². The van der Waals surface area contributed by atoms with E-state index >= 15 is 0 Å². The molecule has 2 aromatic carbocycles. The molecule has 5 nitrogen and oxygen atoms in total. The summed E-state index contributed by atoms with van der Waals surface area (Å²) in [6.07, 6.45) is 5.52. The summed E-state index contributed by atoms with van der Waals surface area (Å²) in [5.74, 6) is 2.91. The van der Waals surface area contributed by atoms with E-state index in [1.165, 1.54) is 6.42 Å². The maximum Gasteiger partial charge on any atom is 0.352 e. The molecule has 3 aromatic rings. The summed E-state index contributed by atoms with van der Waals surface area (Å²) in [4.78, 5) is 16.2. The molecule has 0 spiro atoms. The summed E-state index contributed by atoms with van der Waals surface area (Å²) in [7, 11) is 6.23. The molecule has 200 valence electrons. The zero-order chi connectivity index (χ0) is 25.6. The molecular formula is C31H42IN3O2. The molecule has 2 aliphatic carbocycles. The number of anilines is 1. The topological polar surface area (TPSA) is 38.4 Å². The van der Waals surface area contributed by atoms with E-state index in [0.29, 0.717) is 23.7 Å². The Labute approximate surface area is 239 Å². The molecule has 0 bridgehead atoms. The number of aryl methyl sites for hydroxylation is 1. The van der Waals surface area contributed by atoms with E-state index in [-0.39, 0.29) is 42.1 Å². The number of ether oxygens (including phenoxy) is 1. The number of halogens is 1. The monoisotopic (exact) mass is 615 g/mol. The van der Waals surface area contributed by atoms with Crippen LogP contribution in [0.25, 0.3) is 22.4 Å². The van der Waals surface area contributed by atoms with Gasteiger partial charge in [0.15, 0.2) is 11.0 Å². The van der Waals surface area contributed by atoms with Gasteiger partial charge in [-0.15, -0.1) is 0 Å². The predicted octanol–water partition coefficient (Wildman–Crippen LogP) is 3.16. The van der Waals surface area contributed by atoms with Crippen LogP contribution < -0.4 is 33.4 Å². The highest BCUT2D eigenvalue weighted by molar-refractivity contribution is 5.83. The smallest absolute Gasteiger partial charge is 0.352 e. The van der Waals surface area contributed by atoms with Gasteiger partial charge in [0.2, 0.25) is 6.04 Å². The third-order valence-electron chi connectivity index (χ3n) is 8.51. The second-order valence-electron chi connectivity index (χ2n) is 11.8. The van der Waals surface area contributed by atoms with Crippen molar-refractivity contribution in [2.75, 3.05) is 19.0 Å². The van der Waals surface area contributed by atoms with Gasteiger partial charge in [-0.1, -0.05) is 39.3 Å².